The summed E-state index contributed by atoms with van der Waals surface area (Å²) in [5.74, 6) is -0.244. The van der Waals surface area contributed by atoms with E-state index in [1.807, 2.05) is 0 Å². The van der Waals surface area contributed by atoms with E-state index in [0.717, 1.165) is 18.4 Å². The third-order valence-corrected chi connectivity index (χ3v) is 2.71. The van der Waals surface area contributed by atoms with Crippen molar-refractivity contribution in [3.8, 4) is 0 Å². The first-order valence-corrected chi connectivity index (χ1v) is 5.70. The number of amides is 1. The molecule has 0 atom stereocenters. The molecule has 0 aliphatic heterocycles. The van der Waals surface area contributed by atoms with Crippen molar-refractivity contribution in [1.29, 1.82) is 0 Å². The lowest BCUT2D eigenvalue weighted by Gasteiger charge is -2.05. The smallest absolute Gasteiger partial charge is 0.217 e. The highest BCUT2D eigenvalue weighted by molar-refractivity contribution is 5.74. The molecule has 0 fully saturated rings. The highest BCUT2D eigenvalue weighted by Crippen LogP contribution is 2.18. The minimum Gasteiger partial charge on any atom is -0.370 e. The number of hydrogen-bond acceptors (Lipinski definition) is 1. The number of carbonyl (C=O) groups excluding carboxylic acids is 1. The van der Waals surface area contributed by atoms with Crippen LogP contribution in [0.4, 0.5) is 0 Å². The third-order valence-electron chi connectivity index (χ3n) is 2.71. The molecular formula is C14H19NO. The molecule has 16 heavy (non-hydrogen) atoms. The van der Waals surface area contributed by atoms with Crippen molar-refractivity contribution in [3.63, 3.8) is 0 Å². The Morgan fingerprint density at radius 1 is 1.31 bits per heavy atom. The predicted octanol–water partition coefficient (Wildman–Crippen LogP) is 2.92. The quantitative estimate of drug-likeness (QED) is 0.809. The maximum absolute atomic E-state index is 10.7. The van der Waals surface area contributed by atoms with Gasteiger partial charge in [0, 0.05) is 6.42 Å². The number of carbonyl (C=O) groups is 1. The summed E-state index contributed by atoms with van der Waals surface area (Å²) in [6.45, 7) is 4.20. The molecule has 2 N–H and O–H groups in total. The average Bonchev–Trinajstić information content (AvgIpc) is 2.29. The number of aryl methyl sites for hydroxylation is 1. The van der Waals surface area contributed by atoms with Gasteiger partial charge >= 0.3 is 0 Å². The lowest BCUT2D eigenvalue weighted by Crippen LogP contribution is -2.11. The Morgan fingerprint density at radius 3 is 2.38 bits per heavy atom. The Morgan fingerprint density at radius 2 is 1.94 bits per heavy atom. The van der Waals surface area contributed by atoms with Crippen molar-refractivity contribution in [3.05, 3.63) is 41.5 Å². The fourth-order valence-electron chi connectivity index (χ4n) is 1.73. The summed E-state index contributed by atoms with van der Waals surface area (Å²) in [6, 6.07) is 8.35. The van der Waals surface area contributed by atoms with Gasteiger partial charge in [-0.3, -0.25) is 4.79 Å². The topological polar surface area (TPSA) is 43.1 Å². The standard InChI is InChI=1S/C14H19NO/c1-3-12(4-2)13-8-5-11(6-9-13)7-10-14(15)16/h3,5-6,8-9H,4,7,10H2,1-2H3,(H2,15,16)/b12-3-. The van der Waals surface area contributed by atoms with Crippen molar-refractivity contribution in [2.45, 2.75) is 33.1 Å². The molecule has 0 saturated carbocycles. The van der Waals surface area contributed by atoms with Crippen molar-refractivity contribution in [1.82, 2.24) is 0 Å². The molecule has 0 radical (unpaired) electrons. The molecule has 1 aromatic rings. The number of benzene rings is 1. The van der Waals surface area contributed by atoms with Gasteiger partial charge in [0.15, 0.2) is 0 Å². The van der Waals surface area contributed by atoms with Gasteiger partial charge in [0.05, 0.1) is 0 Å². The van der Waals surface area contributed by atoms with E-state index in [2.05, 4.69) is 44.2 Å². The second kappa shape index (κ2) is 6.11. The molecular weight excluding hydrogens is 198 g/mol. The molecule has 1 amide bonds. The van der Waals surface area contributed by atoms with Crippen molar-refractivity contribution < 1.29 is 4.79 Å². The fraction of sp³-hybridized carbons (Fsp3) is 0.357. The van der Waals surface area contributed by atoms with E-state index < -0.39 is 0 Å². The SMILES string of the molecule is C/C=C(/CC)c1ccc(CCC(N)=O)cc1. The van der Waals surface area contributed by atoms with Gasteiger partial charge in [0.1, 0.15) is 0 Å². The summed E-state index contributed by atoms with van der Waals surface area (Å²) in [5.41, 5.74) is 8.88. The first kappa shape index (κ1) is 12.5. The zero-order chi connectivity index (χ0) is 12.0. The van der Waals surface area contributed by atoms with Crippen molar-refractivity contribution >= 4 is 11.5 Å². The molecule has 2 heteroatoms. The third kappa shape index (κ3) is 3.54. The summed E-state index contributed by atoms with van der Waals surface area (Å²) in [5, 5.41) is 0. The van der Waals surface area contributed by atoms with Gasteiger partial charge in [0.2, 0.25) is 5.91 Å². The van der Waals surface area contributed by atoms with Gasteiger partial charge in [-0.15, -0.1) is 0 Å². The normalized spacial score (nSPS) is 11.5. The molecule has 2 nitrogen and oxygen atoms in total. The summed E-state index contributed by atoms with van der Waals surface area (Å²) >= 11 is 0. The molecule has 1 aromatic carbocycles. The number of primary amides is 1. The van der Waals surface area contributed by atoms with Crippen LogP contribution in [0.15, 0.2) is 30.3 Å². The van der Waals surface area contributed by atoms with Crippen molar-refractivity contribution in [2.75, 3.05) is 0 Å². The monoisotopic (exact) mass is 217 g/mol. The summed E-state index contributed by atoms with van der Waals surface area (Å²) in [7, 11) is 0. The average molecular weight is 217 g/mol. The molecule has 0 unspecified atom stereocenters. The van der Waals surface area contributed by atoms with Gasteiger partial charge in [-0.05, 0) is 36.5 Å². The Labute approximate surface area is 97.2 Å². The first-order valence-electron chi connectivity index (χ1n) is 5.70. The van der Waals surface area contributed by atoms with Crippen LogP contribution < -0.4 is 5.73 Å². The molecule has 86 valence electrons. The van der Waals surface area contributed by atoms with E-state index in [1.54, 1.807) is 0 Å². The van der Waals surface area contributed by atoms with Crippen LogP contribution in [-0.4, -0.2) is 5.91 Å². The lowest BCUT2D eigenvalue weighted by atomic mass is 10.0. The molecule has 1 rings (SSSR count). The second-order valence-corrected chi connectivity index (χ2v) is 3.83. The Balaban J connectivity index is 2.71. The van der Waals surface area contributed by atoms with Crippen LogP contribution in [0.1, 0.15) is 37.8 Å². The molecule has 0 spiro atoms. The first-order chi connectivity index (χ1) is 7.67. The van der Waals surface area contributed by atoms with E-state index in [1.165, 1.54) is 11.1 Å². The lowest BCUT2D eigenvalue weighted by molar-refractivity contribution is -0.117. The summed E-state index contributed by atoms with van der Waals surface area (Å²) in [6.07, 6.45) is 4.33. The summed E-state index contributed by atoms with van der Waals surface area (Å²) < 4.78 is 0. The van der Waals surface area contributed by atoms with Crippen LogP contribution in [-0.2, 0) is 11.2 Å². The zero-order valence-electron chi connectivity index (χ0n) is 9.99. The van der Waals surface area contributed by atoms with Crippen LogP contribution in [0, 0.1) is 0 Å². The molecule has 0 aliphatic carbocycles. The van der Waals surface area contributed by atoms with Crippen LogP contribution in [0.2, 0.25) is 0 Å². The van der Waals surface area contributed by atoms with E-state index in [0.29, 0.717) is 6.42 Å². The fourth-order valence-corrected chi connectivity index (χ4v) is 1.73. The van der Waals surface area contributed by atoms with E-state index in [-0.39, 0.29) is 5.91 Å². The van der Waals surface area contributed by atoms with Crippen LogP contribution in [0.25, 0.3) is 5.57 Å². The second-order valence-electron chi connectivity index (χ2n) is 3.83. The van der Waals surface area contributed by atoms with E-state index in [9.17, 15) is 4.79 Å². The van der Waals surface area contributed by atoms with Gasteiger partial charge in [0.25, 0.3) is 0 Å². The van der Waals surface area contributed by atoms with Gasteiger partial charge < -0.3 is 5.73 Å². The minimum atomic E-state index is -0.244. The molecule has 0 aromatic heterocycles. The van der Waals surface area contributed by atoms with E-state index >= 15 is 0 Å². The summed E-state index contributed by atoms with van der Waals surface area (Å²) in [4.78, 5) is 10.7. The van der Waals surface area contributed by atoms with Crippen molar-refractivity contribution in [2.24, 2.45) is 5.73 Å². The predicted molar refractivity (Wildman–Crippen MR) is 67.9 cm³/mol. The number of hydrogen-bond donors (Lipinski definition) is 1. The molecule has 0 bridgehead atoms. The largest absolute Gasteiger partial charge is 0.370 e. The maximum atomic E-state index is 10.7. The number of rotatable bonds is 5. The maximum Gasteiger partial charge on any atom is 0.217 e. The number of allylic oxidation sites excluding steroid dienone is 2. The highest BCUT2D eigenvalue weighted by Gasteiger charge is 2.00. The van der Waals surface area contributed by atoms with E-state index in [4.69, 9.17) is 5.73 Å². The Hall–Kier alpha value is -1.57. The van der Waals surface area contributed by atoms with Gasteiger partial charge in [-0.1, -0.05) is 37.3 Å². The zero-order valence-corrected chi connectivity index (χ0v) is 9.99. The van der Waals surface area contributed by atoms with Gasteiger partial charge in [-0.25, -0.2) is 0 Å². The van der Waals surface area contributed by atoms with Crippen LogP contribution in [0.5, 0.6) is 0 Å². The Bertz CT molecular complexity index is 376. The van der Waals surface area contributed by atoms with Crippen LogP contribution >= 0.6 is 0 Å². The minimum absolute atomic E-state index is 0.244. The van der Waals surface area contributed by atoms with Crippen LogP contribution in [0.3, 0.4) is 0 Å². The molecule has 0 saturated heterocycles. The highest BCUT2D eigenvalue weighted by atomic mass is 16.1. The number of nitrogens with two attached hydrogens (primary N) is 1. The molecule has 0 aliphatic rings. The molecule has 0 heterocycles. The Kier molecular flexibility index (Phi) is 4.77. The van der Waals surface area contributed by atoms with Gasteiger partial charge in [-0.2, -0.15) is 0 Å².